The van der Waals surface area contributed by atoms with Crippen molar-refractivity contribution in [3.05, 3.63) is 12.3 Å². The van der Waals surface area contributed by atoms with Crippen molar-refractivity contribution >= 4 is 5.78 Å². The summed E-state index contributed by atoms with van der Waals surface area (Å²) in [6.07, 6.45) is 8.18. The van der Waals surface area contributed by atoms with Gasteiger partial charge in [0.1, 0.15) is 5.78 Å². The lowest BCUT2D eigenvalue weighted by Gasteiger charge is -2.28. The molecule has 23 heavy (non-hydrogen) atoms. The normalized spacial score (nSPS) is 21.1. The molecule has 134 valence electrons. The summed E-state index contributed by atoms with van der Waals surface area (Å²) < 4.78 is 16.4. The van der Waals surface area contributed by atoms with E-state index in [4.69, 9.17) is 14.2 Å². The molecule has 1 rings (SSSR count). The summed E-state index contributed by atoms with van der Waals surface area (Å²) in [5.74, 6) is 1.94. The highest BCUT2D eigenvalue weighted by Crippen LogP contribution is 2.33. The highest BCUT2D eigenvalue weighted by Gasteiger charge is 2.26. The number of ketones is 1. The molecule has 1 aliphatic carbocycles. The lowest BCUT2D eigenvalue weighted by Crippen LogP contribution is -2.21. The Hall–Kier alpha value is -0.870. The van der Waals surface area contributed by atoms with E-state index in [1.807, 2.05) is 0 Å². The van der Waals surface area contributed by atoms with Gasteiger partial charge in [0, 0.05) is 38.8 Å². The predicted octanol–water partition coefficient (Wildman–Crippen LogP) is 4.14. The van der Waals surface area contributed by atoms with Crippen LogP contribution < -0.4 is 0 Å². The Labute approximate surface area is 141 Å². The summed E-state index contributed by atoms with van der Waals surface area (Å²) in [6.45, 7) is 8.93. The van der Waals surface area contributed by atoms with Crippen molar-refractivity contribution in [3.63, 3.8) is 0 Å². The van der Waals surface area contributed by atoms with Crippen LogP contribution in [-0.4, -0.2) is 39.3 Å². The Morgan fingerprint density at radius 1 is 0.913 bits per heavy atom. The summed E-state index contributed by atoms with van der Waals surface area (Å²) in [5, 5.41) is 0. The van der Waals surface area contributed by atoms with Gasteiger partial charge in [0.25, 0.3) is 0 Å². The predicted molar refractivity (Wildman–Crippen MR) is 92.4 cm³/mol. The Kier molecular flexibility index (Phi) is 11.0. The molecule has 0 aromatic rings. The van der Waals surface area contributed by atoms with Gasteiger partial charge in [-0.25, -0.2) is 0 Å². The number of unbranched alkanes of at least 4 members (excludes halogenated alkanes) is 2. The molecular weight excluding hydrogens is 292 g/mol. The fourth-order valence-corrected chi connectivity index (χ4v) is 3.00. The van der Waals surface area contributed by atoms with Crippen LogP contribution in [0.25, 0.3) is 0 Å². The number of methoxy groups -OCH3 is 1. The molecule has 0 saturated heterocycles. The standard InChI is InChI=1S/C19H34O4/c1-16(20)18-8-10-19(11-9-18)17(2)23-15-7-6-14-22-13-5-4-12-21-3/h18-19H,2,4-15H2,1,3H3. The topological polar surface area (TPSA) is 44.8 Å². The largest absolute Gasteiger partial charge is 0.498 e. The number of hydrogen-bond donors (Lipinski definition) is 0. The Bertz CT molecular complexity index is 332. The number of rotatable bonds is 13. The van der Waals surface area contributed by atoms with Crippen molar-refractivity contribution in [2.75, 3.05) is 33.5 Å². The van der Waals surface area contributed by atoms with E-state index in [0.717, 1.165) is 83.6 Å². The lowest BCUT2D eigenvalue weighted by atomic mass is 9.80. The molecule has 0 aliphatic heterocycles. The first-order chi connectivity index (χ1) is 11.1. The highest BCUT2D eigenvalue weighted by molar-refractivity contribution is 5.78. The van der Waals surface area contributed by atoms with Crippen molar-refractivity contribution in [2.24, 2.45) is 11.8 Å². The third-order valence-electron chi connectivity index (χ3n) is 4.62. The first kappa shape index (κ1) is 20.2. The number of hydrogen-bond acceptors (Lipinski definition) is 4. The molecule has 4 nitrogen and oxygen atoms in total. The molecule has 4 heteroatoms. The smallest absolute Gasteiger partial charge is 0.132 e. The minimum Gasteiger partial charge on any atom is -0.498 e. The van der Waals surface area contributed by atoms with Gasteiger partial charge >= 0.3 is 0 Å². The number of Topliss-reactive ketones (excluding diaryl/α,β-unsaturated/α-hetero) is 1. The average molecular weight is 326 g/mol. The molecule has 1 saturated carbocycles. The fraction of sp³-hybridized carbons (Fsp3) is 0.842. The van der Waals surface area contributed by atoms with E-state index in [-0.39, 0.29) is 5.92 Å². The van der Waals surface area contributed by atoms with Crippen LogP contribution in [0.1, 0.15) is 58.3 Å². The third-order valence-corrected chi connectivity index (χ3v) is 4.62. The number of ether oxygens (including phenoxy) is 3. The number of carbonyl (C=O) groups excluding carboxylic acids is 1. The Morgan fingerprint density at radius 3 is 2.00 bits per heavy atom. The van der Waals surface area contributed by atoms with E-state index in [1.54, 1.807) is 14.0 Å². The van der Waals surface area contributed by atoms with E-state index in [9.17, 15) is 4.79 Å². The van der Waals surface area contributed by atoms with Gasteiger partial charge in [-0.15, -0.1) is 0 Å². The van der Waals surface area contributed by atoms with Crippen molar-refractivity contribution in [1.82, 2.24) is 0 Å². The summed E-state index contributed by atoms with van der Waals surface area (Å²) in [6, 6.07) is 0. The molecular formula is C19H34O4. The second-order valence-electron chi connectivity index (χ2n) is 6.49. The molecule has 0 spiro atoms. The molecule has 1 fully saturated rings. The minimum absolute atomic E-state index is 0.264. The van der Waals surface area contributed by atoms with E-state index in [2.05, 4.69) is 6.58 Å². The lowest BCUT2D eigenvalue weighted by molar-refractivity contribution is -0.121. The molecule has 1 aliphatic rings. The summed E-state index contributed by atoms with van der Waals surface area (Å²) in [4.78, 5) is 11.4. The molecule has 0 amide bonds. The SMILES string of the molecule is C=C(OCCCCOCCCCOC)C1CCC(C(C)=O)CC1. The van der Waals surface area contributed by atoms with Crippen LogP contribution in [0.5, 0.6) is 0 Å². The zero-order valence-corrected chi connectivity index (χ0v) is 15.0. The van der Waals surface area contributed by atoms with Crippen LogP contribution in [0.15, 0.2) is 12.3 Å². The summed E-state index contributed by atoms with van der Waals surface area (Å²) in [7, 11) is 1.73. The second kappa shape index (κ2) is 12.5. The first-order valence-electron chi connectivity index (χ1n) is 9.04. The van der Waals surface area contributed by atoms with Crippen molar-refractivity contribution in [1.29, 1.82) is 0 Å². The average Bonchev–Trinajstić information content (AvgIpc) is 2.56. The van der Waals surface area contributed by atoms with Crippen LogP contribution in [-0.2, 0) is 19.0 Å². The van der Waals surface area contributed by atoms with Crippen LogP contribution >= 0.6 is 0 Å². The number of carbonyl (C=O) groups is 1. The van der Waals surface area contributed by atoms with Crippen molar-refractivity contribution in [2.45, 2.75) is 58.3 Å². The third kappa shape index (κ3) is 9.11. The van der Waals surface area contributed by atoms with E-state index >= 15 is 0 Å². The van der Waals surface area contributed by atoms with Crippen LogP contribution in [0.2, 0.25) is 0 Å². The van der Waals surface area contributed by atoms with Gasteiger partial charge in [-0.2, -0.15) is 0 Å². The van der Waals surface area contributed by atoms with Gasteiger partial charge in [0.05, 0.1) is 12.4 Å². The second-order valence-corrected chi connectivity index (χ2v) is 6.49. The molecule has 0 atom stereocenters. The molecule has 0 unspecified atom stereocenters. The minimum atomic E-state index is 0.264. The summed E-state index contributed by atoms with van der Waals surface area (Å²) >= 11 is 0. The molecule has 0 radical (unpaired) electrons. The van der Waals surface area contributed by atoms with Gasteiger partial charge in [-0.1, -0.05) is 6.58 Å². The molecule has 0 heterocycles. The Balaban J connectivity index is 1.93. The van der Waals surface area contributed by atoms with Gasteiger partial charge in [0.15, 0.2) is 0 Å². The number of allylic oxidation sites excluding steroid dienone is 1. The summed E-state index contributed by atoms with van der Waals surface area (Å²) in [5.41, 5.74) is 0. The van der Waals surface area contributed by atoms with E-state index < -0.39 is 0 Å². The molecule has 0 N–H and O–H groups in total. The van der Waals surface area contributed by atoms with Crippen LogP contribution in [0, 0.1) is 11.8 Å². The monoisotopic (exact) mass is 326 g/mol. The fourth-order valence-electron chi connectivity index (χ4n) is 3.00. The maximum absolute atomic E-state index is 11.4. The van der Waals surface area contributed by atoms with Gasteiger partial charge in [-0.3, -0.25) is 4.79 Å². The molecule has 0 aromatic carbocycles. The van der Waals surface area contributed by atoms with Gasteiger partial charge in [0.2, 0.25) is 0 Å². The first-order valence-corrected chi connectivity index (χ1v) is 9.04. The highest BCUT2D eigenvalue weighted by atomic mass is 16.5. The van der Waals surface area contributed by atoms with Crippen LogP contribution in [0.4, 0.5) is 0 Å². The zero-order chi connectivity index (χ0) is 16.9. The van der Waals surface area contributed by atoms with Crippen molar-refractivity contribution < 1.29 is 19.0 Å². The maximum Gasteiger partial charge on any atom is 0.132 e. The van der Waals surface area contributed by atoms with E-state index in [1.165, 1.54) is 0 Å². The van der Waals surface area contributed by atoms with Crippen molar-refractivity contribution in [3.8, 4) is 0 Å². The van der Waals surface area contributed by atoms with E-state index in [0.29, 0.717) is 11.7 Å². The molecule has 0 aromatic heterocycles. The van der Waals surface area contributed by atoms with Gasteiger partial charge < -0.3 is 14.2 Å². The maximum atomic E-state index is 11.4. The Morgan fingerprint density at radius 2 is 1.43 bits per heavy atom. The van der Waals surface area contributed by atoms with Gasteiger partial charge in [-0.05, 0) is 58.3 Å². The zero-order valence-electron chi connectivity index (χ0n) is 15.0. The quantitative estimate of drug-likeness (QED) is 0.377. The molecule has 0 bridgehead atoms. The van der Waals surface area contributed by atoms with Crippen LogP contribution in [0.3, 0.4) is 0 Å².